The van der Waals surface area contributed by atoms with E-state index in [2.05, 4.69) is 16.4 Å². The highest BCUT2D eigenvalue weighted by atomic mass is 16.6. The van der Waals surface area contributed by atoms with Crippen molar-refractivity contribution in [2.24, 2.45) is 0 Å². The molecule has 154 valence electrons. The monoisotopic (exact) mass is 394 g/mol. The van der Waals surface area contributed by atoms with E-state index in [4.69, 9.17) is 9.47 Å². The van der Waals surface area contributed by atoms with E-state index < -0.39 is 17.2 Å². The lowest BCUT2D eigenvalue weighted by Gasteiger charge is -2.28. The van der Waals surface area contributed by atoms with Gasteiger partial charge < -0.3 is 19.8 Å². The van der Waals surface area contributed by atoms with Gasteiger partial charge in [-0.05, 0) is 64.3 Å². The van der Waals surface area contributed by atoms with E-state index in [9.17, 15) is 4.79 Å². The number of rotatable bonds is 6. The fourth-order valence-electron chi connectivity index (χ4n) is 3.24. The summed E-state index contributed by atoms with van der Waals surface area (Å²) in [6.07, 6.45) is 2.26. The van der Waals surface area contributed by atoms with Crippen LogP contribution in [-0.4, -0.2) is 22.2 Å². The third-order valence-corrected chi connectivity index (χ3v) is 4.46. The highest BCUT2D eigenvalue weighted by molar-refractivity contribution is 5.84. The van der Waals surface area contributed by atoms with E-state index in [-0.39, 0.29) is 0 Å². The number of hydrogen-bond donors (Lipinski definition) is 2. The van der Waals surface area contributed by atoms with Gasteiger partial charge in [0.15, 0.2) is 0 Å². The summed E-state index contributed by atoms with van der Waals surface area (Å²) in [5.41, 5.74) is 2.32. The number of aromatic nitrogens is 1. The van der Waals surface area contributed by atoms with Crippen molar-refractivity contribution in [2.45, 2.75) is 58.8 Å². The summed E-state index contributed by atoms with van der Waals surface area (Å²) in [5.74, 6) is 0.820. The van der Waals surface area contributed by atoms with Gasteiger partial charge in [0.25, 0.3) is 0 Å². The van der Waals surface area contributed by atoms with Gasteiger partial charge >= 0.3 is 6.09 Å². The van der Waals surface area contributed by atoms with Crippen LogP contribution in [0, 0.1) is 0 Å². The SMILES string of the molecule is CC(C)(Cc1c[nH]c2cc(OCc3ccccc3)ccc12)NC(=O)OC(C)(C)C. The first-order chi connectivity index (χ1) is 13.6. The minimum atomic E-state index is -0.517. The van der Waals surface area contributed by atoms with Gasteiger partial charge in [0.2, 0.25) is 0 Å². The fraction of sp³-hybridized carbons (Fsp3) is 0.375. The second kappa shape index (κ2) is 8.19. The van der Waals surface area contributed by atoms with Crippen molar-refractivity contribution in [1.82, 2.24) is 10.3 Å². The number of hydrogen-bond acceptors (Lipinski definition) is 3. The Morgan fingerprint density at radius 1 is 1.03 bits per heavy atom. The van der Waals surface area contributed by atoms with Crippen molar-refractivity contribution in [3.05, 3.63) is 65.9 Å². The summed E-state index contributed by atoms with van der Waals surface area (Å²) in [4.78, 5) is 15.5. The highest BCUT2D eigenvalue weighted by Crippen LogP contribution is 2.26. The maximum atomic E-state index is 12.1. The molecule has 0 aliphatic heterocycles. The zero-order chi connectivity index (χ0) is 21.1. The van der Waals surface area contributed by atoms with Crippen LogP contribution >= 0.6 is 0 Å². The predicted octanol–water partition coefficient (Wildman–Crippen LogP) is 5.59. The third-order valence-electron chi connectivity index (χ3n) is 4.46. The predicted molar refractivity (Wildman–Crippen MR) is 116 cm³/mol. The number of nitrogens with one attached hydrogen (secondary N) is 2. The lowest BCUT2D eigenvalue weighted by atomic mass is 9.95. The van der Waals surface area contributed by atoms with Gasteiger partial charge in [-0.15, -0.1) is 0 Å². The third kappa shape index (κ3) is 6.01. The number of H-pyrrole nitrogens is 1. The number of aromatic amines is 1. The van der Waals surface area contributed by atoms with Crippen LogP contribution in [0.2, 0.25) is 0 Å². The zero-order valence-electron chi connectivity index (χ0n) is 17.8. The largest absolute Gasteiger partial charge is 0.489 e. The Labute approximate surface area is 172 Å². The summed E-state index contributed by atoms with van der Waals surface area (Å²) in [7, 11) is 0. The van der Waals surface area contributed by atoms with E-state index in [1.165, 1.54) is 0 Å². The van der Waals surface area contributed by atoms with Gasteiger partial charge in [-0.1, -0.05) is 30.3 Å². The Kier molecular flexibility index (Phi) is 5.87. The van der Waals surface area contributed by atoms with Gasteiger partial charge in [0, 0.05) is 28.7 Å². The molecule has 2 aromatic carbocycles. The van der Waals surface area contributed by atoms with Crippen molar-refractivity contribution >= 4 is 17.0 Å². The molecule has 0 radical (unpaired) electrons. The molecule has 5 nitrogen and oxygen atoms in total. The van der Waals surface area contributed by atoms with Gasteiger partial charge in [0.05, 0.1) is 0 Å². The van der Waals surface area contributed by atoms with Crippen molar-refractivity contribution in [3.8, 4) is 5.75 Å². The van der Waals surface area contributed by atoms with Crippen molar-refractivity contribution < 1.29 is 14.3 Å². The van der Waals surface area contributed by atoms with E-state index in [0.29, 0.717) is 13.0 Å². The lowest BCUT2D eigenvalue weighted by molar-refractivity contribution is 0.0472. The Bertz CT molecular complexity index is 969. The molecule has 3 rings (SSSR count). The van der Waals surface area contributed by atoms with Crippen LogP contribution in [0.15, 0.2) is 54.7 Å². The van der Waals surface area contributed by atoms with Crippen molar-refractivity contribution in [3.63, 3.8) is 0 Å². The molecule has 3 aromatic rings. The van der Waals surface area contributed by atoms with Gasteiger partial charge in [-0.25, -0.2) is 4.79 Å². The molecule has 0 spiro atoms. The average Bonchev–Trinajstić information content (AvgIpc) is 3.00. The number of carbonyl (C=O) groups excluding carboxylic acids is 1. The number of fused-ring (bicyclic) bond motifs is 1. The van der Waals surface area contributed by atoms with Crippen LogP contribution in [0.25, 0.3) is 10.9 Å². The fourth-order valence-corrected chi connectivity index (χ4v) is 3.24. The molecule has 1 aromatic heterocycles. The number of alkyl carbamates (subject to hydrolysis) is 1. The molecule has 0 bridgehead atoms. The summed E-state index contributed by atoms with van der Waals surface area (Å²) >= 11 is 0. The van der Waals surface area contributed by atoms with Crippen molar-refractivity contribution in [1.29, 1.82) is 0 Å². The second-order valence-electron chi connectivity index (χ2n) is 8.98. The molecule has 1 amide bonds. The minimum Gasteiger partial charge on any atom is -0.489 e. The average molecular weight is 395 g/mol. The standard InChI is InChI=1S/C24H30N2O3/c1-23(2,3)29-22(27)26-24(4,5)14-18-15-25-21-13-19(11-12-20(18)21)28-16-17-9-7-6-8-10-17/h6-13,15,25H,14,16H2,1-5H3,(H,26,27). The molecule has 0 atom stereocenters. The molecule has 2 N–H and O–H groups in total. The molecule has 0 fully saturated rings. The van der Waals surface area contributed by atoms with E-state index in [0.717, 1.165) is 27.8 Å². The number of amides is 1. The van der Waals surface area contributed by atoms with Crippen LogP contribution in [0.3, 0.4) is 0 Å². The molecule has 0 saturated heterocycles. The summed E-state index contributed by atoms with van der Waals surface area (Å²) < 4.78 is 11.3. The zero-order valence-corrected chi connectivity index (χ0v) is 17.8. The van der Waals surface area contributed by atoms with E-state index in [1.54, 1.807) is 0 Å². The van der Waals surface area contributed by atoms with Gasteiger partial charge in [-0.2, -0.15) is 0 Å². The number of benzene rings is 2. The molecule has 1 heterocycles. The lowest BCUT2D eigenvalue weighted by Crippen LogP contribution is -2.47. The first-order valence-electron chi connectivity index (χ1n) is 9.89. The molecule has 0 saturated carbocycles. The summed E-state index contributed by atoms with van der Waals surface area (Å²) in [6.45, 7) is 10.1. The second-order valence-corrected chi connectivity index (χ2v) is 8.98. The first kappa shape index (κ1) is 20.8. The van der Waals surface area contributed by atoms with Gasteiger partial charge in [-0.3, -0.25) is 0 Å². The van der Waals surface area contributed by atoms with Crippen LogP contribution in [0.5, 0.6) is 5.75 Å². The maximum absolute atomic E-state index is 12.1. The van der Waals surface area contributed by atoms with E-state index >= 15 is 0 Å². The van der Waals surface area contributed by atoms with Crippen LogP contribution in [0.4, 0.5) is 4.79 Å². The van der Waals surface area contributed by atoms with Crippen molar-refractivity contribution in [2.75, 3.05) is 0 Å². The molecular weight excluding hydrogens is 364 g/mol. The molecule has 0 aliphatic carbocycles. The summed E-state index contributed by atoms with van der Waals surface area (Å²) in [6, 6.07) is 16.2. The maximum Gasteiger partial charge on any atom is 0.408 e. The Morgan fingerprint density at radius 2 is 1.76 bits per heavy atom. The Morgan fingerprint density at radius 3 is 2.45 bits per heavy atom. The van der Waals surface area contributed by atoms with E-state index in [1.807, 2.05) is 83.3 Å². The van der Waals surface area contributed by atoms with Crippen LogP contribution in [0.1, 0.15) is 45.7 Å². The topological polar surface area (TPSA) is 63.3 Å². The van der Waals surface area contributed by atoms with Crippen LogP contribution < -0.4 is 10.1 Å². The molecule has 29 heavy (non-hydrogen) atoms. The number of carbonyl (C=O) groups is 1. The Balaban J connectivity index is 1.67. The highest BCUT2D eigenvalue weighted by Gasteiger charge is 2.25. The van der Waals surface area contributed by atoms with Crippen LogP contribution in [-0.2, 0) is 17.8 Å². The summed E-state index contributed by atoms with van der Waals surface area (Å²) in [5, 5.41) is 4.09. The molecule has 0 aliphatic rings. The quantitative estimate of drug-likeness (QED) is 0.573. The smallest absolute Gasteiger partial charge is 0.408 e. The molecule has 0 unspecified atom stereocenters. The molecule has 5 heteroatoms. The Hall–Kier alpha value is -2.95. The molecular formula is C24H30N2O3. The normalized spacial score (nSPS) is 12.0. The number of ether oxygens (including phenoxy) is 2. The first-order valence-corrected chi connectivity index (χ1v) is 9.89. The minimum absolute atomic E-state index is 0.404. The van der Waals surface area contributed by atoms with Gasteiger partial charge in [0.1, 0.15) is 18.0 Å².